The summed E-state index contributed by atoms with van der Waals surface area (Å²) in [4.78, 5) is 25.1. The molecule has 1 aliphatic rings. The number of thiophene rings is 1. The summed E-state index contributed by atoms with van der Waals surface area (Å²) in [6.45, 7) is 0.885. The maximum atomic E-state index is 12.8. The molecule has 0 spiro atoms. The molecule has 0 aliphatic heterocycles. The number of amides is 2. The van der Waals surface area contributed by atoms with Crippen molar-refractivity contribution >= 4 is 72.7 Å². The highest BCUT2D eigenvalue weighted by molar-refractivity contribution is 7.92. The van der Waals surface area contributed by atoms with Crippen LogP contribution >= 0.6 is 34.5 Å². The van der Waals surface area contributed by atoms with E-state index in [0.717, 1.165) is 34.2 Å². The van der Waals surface area contributed by atoms with Gasteiger partial charge in [-0.25, -0.2) is 22.5 Å². The van der Waals surface area contributed by atoms with Gasteiger partial charge in [0.2, 0.25) is 5.88 Å². The van der Waals surface area contributed by atoms with E-state index < -0.39 is 21.6 Å². The van der Waals surface area contributed by atoms with E-state index in [1.54, 1.807) is 6.07 Å². The minimum absolute atomic E-state index is 0.0703. The van der Waals surface area contributed by atoms with Crippen molar-refractivity contribution in [1.82, 2.24) is 9.29 Å². The van der Waals surface area contributed by atoms with Gasteiger partial charge < -0.3 is 15.7 Å². The highest BCUT2D eigenvalue weighted by Gasteiger charge is 2.22. The summed E-state index contributed by atoms with van der Waals surface area (Å²) in [5.74, 6) is 0.485. The van der Waals surface area contributed by atoms with E-state index in [1.807, 2.05) is 16.9 Å². The van der Waals surface area contributed by atoms with Crippen LogP contribution in [0.2, 0.25) is 9.36 Å². The number of hydrogen-bond donors (Lipinski definition) is 4. The number of halogens is 2. The van der Waals surface area contributed by atoms with Gasteiger partial charge in [0.1, 0.15) is 8.55 Å². The Kier molecular flexibility index (Phi) is 6.80. The summed E-state index contributed by atoms with van der Waals surface area (Å²) < 4.78 is 27.6. The number of benzene rings is 2. The van der Waals surface area contributed by atoms with Crippen molar-refractivity contribution in [2.75, 3.05) is 17.2 Å². The van der Waals surface area contributed by atoms with Crippen LogP contribution in [0.15, 0.2) is 63.6 Å². The summed E-state index contributed by atoms with van der Waals surface area (Å²) >= 11 is 12.3. The number of nitrogens with one attached hydrogen (secondary N) is 3. The number of urea groups is 1. The van der Waals surface area contributed by atoms with Crippen LogP contribution in [0, 0.1) is 5.92 Å². The smallest absolute Gasteiger partial charge is 0.333 e. The number of fused-ring (bicyclic) bond motifs is 1. The summed E-state index contributed by atoms with van der Waals surface area (Å²) in [5, 5.41) is 17.8. The lowest BCUT2D eigenvalue weighted by Gasteiger charge is -2.13. The van der Waals surface area contributed by atoms with E-state index in [0.29, 0.717) is 22.4 Å². The number of aromatic nitrogens is 1. The third-order valence-corrected chi connectivity index (χ3v) is 9.46. The average molecular weight is 579 g/mol. The van der Waals surface area contributed by atoms with E-state index >= 15 is 0 Å². The van der Waals surface area contributed by atoms with E-state index in [1.165, 1.54) is 43.2 Å². The monoisotopic (exact) mass is 578 g/mol. The van der Waals surface area contributed by atoms with Crippen molar-refractivity contribution in [3.8, 4) is 11.6 Å². The maximum absolute atomic E-state index is 12.8. The molecule has 2 aromatic carbocycles. The third kappa shape index (κ3) is 5.54. The molecule has 0 saturated heterocycles. The largest absolute Gasteiger partial charge is 0.494 e. The quantitative estimate of drug-likeness (QED) is 0.232. The van der Waals surface area contributed by atoms with Gasteiger partial charge in [-0.15, -0.1) is 11.3 Å². The van der Waals surface area contributed by atoms with Gasteiger partial charge in [-0.05, 0) is 72.7 Å². The highest BCUT2D eigenvalue weighted by Crippen LogP contribution is 2.34. The van der Waals surface area contributed by atoms with Gasteiger partial charge in [-0.2, -0.15) is 0 Å². The molecule has 192 valence electrons. The molecule has 37 heavy (non-hydrogen) atoms. The molecule has 2 aromatic heterocycles. The van der Waals surface area contributed by atoms with E-state index in [9.17, 15) is 23.1 Å². The summed E-state index contributed by atoms with van der Waals surface area (Å²) in [6.07, 6.45) is 2.45. The first-order chi connectivity index (χ1) is 17.6. The minimum Gasteiger partial charge on any atom is -0.494 e. The van der Waals surface area contributed by atoms with Crippen LogP contribution < -0.4 is 20.9 Å². The number of sulfonamides is 1. The predicted molar refractivity (Wildman–Crippen MR) is 146 cm³/mol. The molecule has 2 amide bonds. The number of pyridine rings is 1. The zero-order valence-corrected chi connectivity index (χ0v) is 22.1. The highest BCUT2D eigenvalue weighted by atomic mass is 35.5. The first-order valence-corrected chi connectivity index (χ1v) is 14.2. The molecule has 13 heteroatoms. The Bertz CT molecular complexity index is 1660. The molecule has 1 saturated carbocycles. The van der Waals surface area contributed by atoms with Crippen LogP contribution in [0.3, 0.4) is 0 Å². The van der Waals surface area contributed by atoms with Crippen molar-refractivity contribution in [2.45, 2.75) is 17.1 Å². The lowest BCUT2D eigenvalue weighted by molar-refractivity contribution is 0.256. The van der Waals surface area contributed by atoms with Gasteiger partial charge in [0.05, 0.1) is 10.7 Å². The number of nitrogens with zero attached hydrogens (tertiary/aromatic N) is 1. The van der Waals surface area contributed by atoms with Crippen molar-refractivity contribution in [3.05, 3.63) is 74.3 Å². The van der Waals surface area contributed by atoms with Gasteiger partial charge in [-0.1, -0.05) is 23.2 Å². The van der Waals surface area contributed by atoms with Gasteiger partial charge in [0.15, 0.2) is 0 Å². The Hall–Kier alpha value is -3.25. The fourth-order valence-electron chi connectivity index (χ4n) is 3.73. The van der Waals surface area contributed by atoms with Crippen molar-refractivity contribution in [3.63, 3.8) is 0 Å². The average Bonchev–Trinajstić information content (AvgIpc) is 3.61. The molecule has 9 nitrogen and oxygen atoms in total. The molecular formula is C24H20Cl2N4O5S2. The molecule has 2 heterocycles. The molecule has 0 bridgehead atoms. The third-order valence-electron chi connectivity index (χ3n) is 5.79. The molecule has 0 unspecified atom stereocenters. The van der Waals surface area contributed by atoms with Gasteiger partial charge in [0.25, 0.3) is 15.6 Å². The van der Waals surface area contributed by atoms with Crippen molar-refractivity contribution in [1.29, 1.82) is 0 Å². The standard InChI is InChI=1S/C24H20Cl2N4O5S2/c25-19-11-21(36-22(19)26)37(34,35)29-24(33)28-15-3-6-17(7-4-15)30-20(31)10-14-9-16(27-12-13-1-2-13)5-8-18(14)23(30)32/h3-11,13,27,32H,1-2,12H2,(H2,28,29,33). The lowest BCUT2D eigenvalue weighted by atomic mass is 10.1. The molecule has 5 rings (SSSR count). The van der Waals surface area contributed by atoms with Crippen LogP contribution in [0.1, 0.15) is 12.8 Å². The van der Waals surface area contributed by atoms with Gasteiger partial charge >= 0.3 is 6.03 Å². The van der Waals surface area contributed by atoms with E-state index in [2.05, 4.69) is 10.6 Å². The first kappa shape index (κ1) is 25.4. The Morgan fingerprint density at radius 2 is 1.76 bits per heavy atom. The van der Waals surface area contributed by atoms with E-state index in [4.69, 9.17) is 23.2 Å². The summed E-state index contributed by atoms with van der Waals surface area (Å²) in [6, 6.07) is 13.0. The van der Waals surface area contributed by atoms with Crippen LogP contribution in [0.25, 0.3) is 16.5 Å². The fourth-order valence-corrected chi connectivity index (χ4v) is 6.52. The first-order valence-electron chi connectivity index (χ1n) is 11.1. The number of rotatable bonds is 7. The molecule has 1 fully saturated rings. The van der Waals surface area contributed by atoms with Crippen LogP contribution in [-0.4, -0.2) is 30.7 Å². The molecule has 0 atom stereocenters. The Balaban J connectivity index is 1.32. The number of hydrogen-bond acceptors (Lipinski definition) is 7. The van der Waals surface area contributed by atoms with Gasteiger partial charge in [0, 0.05) is 29.4 Å². The zero-order valence-electron chi connectivity index (χ0n) is 19.0. The molecule has 4 N–H and O–H groups in total. The Morgan fingerprint density at radius 3 is 2.41 bits per heavy atom. The van der Waals surface area contributed by atoms with Crippen LogP contribution in [0.5, 0.6) is 5.88 Å². The normalized spacial score (nSPS) is 13.5. The van der Waals surface area contributed by atoms with Gasteiger partial charge in [-0.3, -0.25) is 4.79 Å². The minimum atomic E-state index is -4.17. The second-order valence-corrected chi connectivity index (χ2v) is 12.5. The zero-order chi connectivity index (χ0) is 26.3. The Morgan fingerprint density at radius 1 is 1.05 bits per heavy atom. The number of anilines is 2. The number of aromatic hydroxyl groups is 1. The van der Waals surface area contributed by atoms with Crippen LogP contribution in [-0.2, 0) is 10.0 Å². The van der Waals surface area contributed by atoms with Crippen LogP contribution in [0.4, 0.5) is 16.2 Å². The van der Waals surface area contributed by atoms with Crippen molar-refractivity contribution < 1.29 is 18.3 Å². The van der Waals surface area contributed by atoms with E-state index in [-0.39, 0.29) is 25.1 Å². The number of carbonyl (C=O) groups excluding carboxylic acids is 1. The second kappa shape index (κ2) is 9.90. The number of carbonyl (C=O) groups is 1. The maximum Gasteiger partial charge on any atom is 0.333 e. The fraction of sp³-hybridized carbons (Fsp3) is 0.167. The lowest BCUT2D eigenvalue weighted by Crippen LogP contribution is -2.33. The summed E-state index contributed by atoms with van der Waals surface area (Å²) in [5.41, 5.74) is 1.08. The molecular weight excluding hydrogens is 559 g/mol. The molecule has 0 radical (unpaired) electrons. The Labute approximate surface area is 225 Å². The summed E-state index contributed by atoms with van der Waals surface area (Å²) in [7, 11) is -4.17. The SMILES string of the molecule is O=C(Nc1ccc(-n2c(O)c3ccc(NCC4CC4)cc3cc2=O)cc1)NS(=O)(=O)c1cc(Cl)c(Cl)s1. The molecule has 1 aliphatic carbocycles. The van der Waals surface area contributed by atoms with Crippen molar-refractivity contribution in [2.24, 2.45) is 5.92 Å². The predicted octanol–water partition coefficient (Wildman–Crippen LogP) is 5.40. The topological polar surface area (TPSA) is 130 Å². The second-order valence-electron chi connectivity index (χ2n) is 8.56. The molecule has 4 aromatic rings.